The van der Waals surface area contributed by atoms with Crippen LogP contribution in [0, 0.1) is 11.3 Å². The van der Waals surface area contributed by atoms with E-state index in [1.165, 1.54) is 6.26 Å². The van der Waals surface area contributed by atoms with E-state index in [1.54, 1.807) is 12.1 Å². The van der Waals surface area contributed by atoms with E-state index in [1.807, 2.05) is 6.92 Å². The lowest BCUT2D eigenvalue weighted by atomic mass is 9.78. The predicted octanol–water partition coefficient (Wildman–Crippen LogP) is 3.02. The maximum atomic E-state index is 11.8. The summed E-state index contributed by atoms with van der Waals surface area (Å²) in [4.78, 5) is 16.6. The number of nitrogens with zero attached hydrogens (tertiary/aromatic N) is 1. The van der Waals surface area contributed by atoms with Crippen molar-refractivity contribution in [3.63, 3.8) is 0 Å². The van der Waals surface area contributed by atoms with Crippen molar-refractivity contribution in [1.29, 1.82) is 0 Å². The first-order chi connectivity index (χ1) is 12.9. The standard InChI is InChI=1S/C20H34N4O3.HI/c1-5-21-19(23-11-10-22-18(25)16-9-7-12-26-16)24-14-15-8-6-13-27-17(15)20(2,3)4;/h7,9,12,15,17H,5-6,8,10-11,13-14H2,1-4H3,(H,22,25)(H2,21,23,24);1H. The van der Waals surface area contributed by atoms with Crippen LogP contribution < -0.4 is 16.0 Å². The largest absolute Gasteiger partial charge is 0.459 e. The highest BCUT2D eigenvalue weighted by Crippen LogP contribution is 2.34. The third-order valence-electron chi connectivity index (χ3n) is 4.57. The van der Waals surface area contributed by atoms with E-state index in [9.17, 15) is 4.79 Å². The SMILES string of the molecule is CCNC(=NCC1CCCOC1C(C)(C)C)NCCNC(=O)c1ccco1.I. The molecule has 7 nitrogen and oxygen atoms in total. The smallest absolute Gasteiger partial charge is 0.287 e. The van der Waals surface area contributed by atoms with Crippen molar-refractivity contribution in [1.82, 2.24) is 16.0 Å². The second-order valence-corrected chi connectivity index (χ2v) is 7.94. The van der Waals surface area contributed by atoms with Crippen LogP contribution in [0.1, 0.15) is 51.1 Å². The van der Waals surface area contributed by atoms with Gasteiger partial charge >= 0.3 is 0 Å². The predicted molar refractivity (Wildman–Crippen MR) is 122 cm³/mol. The highest BCUT2D eigenvalue weighted by Gasteiger charge is 2.35. The van der Waals surface area contributed by atoms with Crippen LogP contribution in [0.25, 0.3) is 0 Å². The van der Waals surface area contributed by atoms with Gasteiger partial charge in [0, 0.05) is 38.7 Å². The molecule has 1 saturated heterocycles. The molecule has 1 aliphatic rings. The molecule has 1 fully saturated rings. The van der Waals surface area contributed by atoms with Gasteiger partial charge in [-0.15, -0.1) is 24.0 Å². The lowest BCUT2D eigenvalue weighted by Gasteiger charge is -2.39. The highest BCUT2D eigenvalue weighted by molar-refractivity contribution is 14.0. The summed E-state index contributed by atoms with van der Waals surface area (Å²) in [6, 6.07) is 3.34. The van der Waals surface area contributed by atoms with Crippen molar-refractivity contribution in [3.8, 4) is 0 Å². The molecule has 2 atom stereocenters. The van der Waals surface area contributed by atoms with Crippen molar-refractivity contribution in [3.05, 3.63) is 24.2 Å². The Hall–Kier alpha value is -1.29. The molecule has 2 unspecified atom stereocenters. The third kappa shape index (κ3) is 7.98. The second-order valence-electron chi connectivity index (χ2n) is 7.94. The minimum atomic E-state index is -0.212. The molecule has 28 heavy (non-hydrogen) atoms. The summed E-state index contributed by atoms with van der Waals surface area (Å²) < 4.78 is 11.1. The Labute approximate surface area is 185 Å². The molecule has 1 aromatic rings. The molecule has 2 heterocycles. The Morgan fingerprint density at radius 2 is 2.00 bits per heavy atom. The average Bonchev–Trinajstić information content (AvgIpc) is 3.17. The summed E-state index contributed by atoms with van der Waals surface area (Å²) in [7, 11) is 0. The summed E-state index contributed by atoms with van der Waals surface area (Å²) in [5, 5.41) is 9.34. The van der Waals surface area contributed by atoms with Crippen LogP contribution >= 0.6 is 24.0 Å². The molecule has 160 valence electrons. The average molecular weight is 506 g/mol. The fourth-order valence-electron chi connectivity index (χ4n) is 3.39. The number of rotatable bonds is 7. The maximum Gasteiger partial charge on any atom is 0.287 e. The number of nitrogens with one attached hydrogen (secondary N) is 3. The Kier molecular flexibility index (Phi) is 10.9. The maximum absolute atomic E-state index is 11.8. The first kappa shape index (κ1) is 24.7. The van der Waals surface area contributed by atoms with Crippen LogP contribution in [-0.2, 0) is 4.74 Å². The molecule has 0 aromatic carbocycles. The van der Waals surface area contributed by atoms with E-state index in [-0.39, 0.29) is 41.4 Å². The number of furan rings is 1. The van der Waals surface area contributed by atoms with E-state index in [0.717, 1.165) is 38.5 Å². The summed E-state index contributed by atoms with van der Waals surface area (Å²) in [5.74, 6) is 1.30. The molecule has 2 rings (SSSR count). The molecule has 0 radical (unpaired) electrons. The number of amides is 1. The van der Waals surface area contributed by atoms with Crippen LogP contribution in [0.15, 0.2) is 27.8 Å². The van der Waals surface area contributed by atoms with Crippen LogP contribution in [0.5, 0.6) is 0 Å². The number of carbonyl (C=O) groups is 1. The van der Waals surface area contributed by atoms with Crippen LogP contribution in [0.2, 0.25) is 0 Å². The van der Waals surface area contributed by atoms with Crippen molar-refractivity contribution < 1.29 is 13.9 Å². The molecular weight excluding hydrogens is 471 g/mol. The molecule has 0 aliphatic carbocycles. The summed E-state index contributed by atoms with van der Waals surface area (Å²) >= 11 is 0. The van der Waals surface area contributed by atoms with Crippen molar-refractivity contribution in [2.75, 3.05) is 32.8 Å². The van der Waals surface area contributed by atoms with Gasteiger partial charge in [-0.2, -0.15) is 0 Å². The Morgan fingerprint density at radius 1 is 1.25 bits per heavy atom. The zero-order valence-corrected chi connectivity index (χ0v) is 19.7. The number of carbonyl (C=O) groups excluding carboxylic acids is 1. The van der Waals surface area contributed by atoms with Gasteiger partial charge in [0.2, 0.25) is 0 Å². The fourth-order valence-corrected chi connectivity index (χ4v) is 3.39. The zero-order chi connectivity index (χ0) is 19.7. The minimum Gasteiger partial charge on any atom is -0.459 e. The van der Waals surface area contributed by atoms with Gasteiger partial charge in [0.05, 0.1) is 12.4 Å². The summed E-state index contributed by atoms with van der Waals surface area (Å²) in [6.45, 7) is 12.2. The van der Waals surface area contributed by atoms with E-state index in [2.05, 4.69) is 36.7 Å². The Balaban J connectivity index is 0.00000392. The van der Waals surface area contributed by atoms with E-state index in [0.29, 0.717) is 24.8 Å². The molecular formula is C20H35IN4O3. The quantitative estimate of drug-likeness (QED) is 0.229. The van der Waals surface area contributed by atoms with Crippen LogP contribution in [-0.4, -0.2) is 50.8 Å². The number of hydrogen-bond donors (Lipinski definition) is 3. The van der Waals surface area contributed by atoms with E-state index in [4.69, 9.17) is 14.1 Å². The topological polar surface area (TPSA) is 87.9 Å². The van der Waals surface area contributed by atoms with Gasteiger partial charge in [0.25, 0.3) is 5.91 Å². The molecule has 3 N–H and O–H groups in total. The number of hydrogen-bond acceptors (Lipinski definition) is 4. The number of guanidine groups is 1. The molecule has 0 saturated carbocycles. The van der Waals surface area contributed by atoms with Gasteiger partial charge in [0.15, 0.2) is 11.7 Å². The molecule has 1 amide bonds. The Bertz CT molecular complexity index is 599. The monoisotopic (exact) mass is 506 g/mol. The van der Waals surface area contributed by atoms with Gasteiger partial charge < -0.3 is 25.1 Å². The summed E-state index contributed by atoms with van der Waals surface area (Å²) in [5.41, 5.74) is 0.114. The van der Waals surface area contributed by atoms with Gasteiger partial charge in [0.1, 0.15) is 0 Å². The molecule has 1 aliphatic heterocycles. The number of halogens is 1. The van der Waals surface area contributed by atoms with Gasteiger partial charge in [-0.1, -0.05) is 20.8 Å². The lowest BCUT2D eigenvalue weighted by Crippen LogP contribution is -2.44. The van der Waals surface area contributed by atoms with Gasteiger partial charge in [-0.3, -0.25) is 9.79 Å². The normalized spacial score (nSPS) is 20.2. The van der Waals surface area contributed by atoms with E-state index < -0.39 is 0 Å². The molecule has 0 bridgehead atoms. The fraction of sp³-hybridized carbons (Fsp3) is 0.700. The molecule has 1 aromatic heterocycles. The number of ether oxygens (including phenoxy) is 1. The minimum absolute atomic E-state index is 0. The first-order valence-electron chi connectivity index (χ1n) is 9.87. The molecule has 8 heteroatoms. The molecule has 0 spiro atoms. The van der Waals surface area contributed by atoms with Crippen molar-refractivity contribution in [2.45, 2.75) is 46.6 Å². The lowest BCUT2D eigenvalue weighted by molar-refractivity contribution is -0.0823. The highest BCUT2D eigenvalue weighted by atomic mass is 127. The third-order valence-corrected chi connectivity index (χ3v) is 4.57. The van der Waals surface area contributed by atoms with Crippen molar-refractivity contribution >= 4 is 35.8 Å². The Morgan fingerprint density at radius 3 is 2.64 bits per heavy atom. The van der Waals surface area contributed by atoms with Gasteiger partial charge in [-0.05, 0) is 37.3 Å². The van der Waals surface area contributed by atoms with Crippen molar-refractivity contribution in [2.24, 2.45) is 16.3 Å². The summed E-state index contributed by atoms with van der Waals surface area (Å²) in [6.07, 6.45) is 3.95. The first-order valence-corrected chi connectivity index (χ1v) is 9.87. The number of aliphatic imine (C=N–C) groups is 1. The van der Waals surface area contributed by atoms with E-state index >= 15 is 0 Å². The van der Waals surface area contributed by atoms with Gasteiger partial charge in [-0.25, -0.2) is 0 Å². The second kappa shape index (κ2) is 12.3. The van der Waals surface area contributed by atoms with Crippen LogP contribution in [0.4, 0.5) is 0 Å². The van der Waals surface area contributed by atoms with Crippen LogP contribution in [0.3, 0.4) is 0 Å². The zero-order valence-electron chi connectivity index (χ0n) is 17.4.